The molecule has 0 fully saturated rings. The Balaban J connectivity index is 2.88. The molecule has 1 aromatic rings. The molecule has 0 aromatic carbocycles. The fraction of sp³-hybridized carbons (Fsp3) is 0.250. The van der Waals surface area contributed by atoms with Crippen LogP contribution >= 0.6 is 27.3 Å². The predicted molar refractivity (Wildman–Crippen MR) is 56.2 cm³/mol. The lowest BCUT2D eigenvalue weighted by Crippen LogP contribution is -2.31. The highest BCUT2D eigenvalue weighted by atomic mass is 79.9. The topological polar surface area (TPSA) is 66.4 Å². The summed E-state index contributed by atoms with van der Waals surface area (Å²) in [5.74, 6) is -1.42. The monoisotopic (exact) mass is 277 g/mol. The molecule has 0 aliphatic carbocycles. The number of hydrogen-bond donors (Lipinski definition) is 2. The molecular weight excluding hydrogens is 270 g/mol. The number of carbonyl (C=O) groups excluding carboxylic acids is 1. The van der Waals surface area contributed by atoms with Gasteiger partial charge in [0.2, 0.25) is 5.91 Å². The number of thiophene rings is 1. The third-order valence-corrected chi connectivity index (χ3v) is 3.23. The van der Waals surface area contributed by atoms with E-state index in [9.17, 15) is 9.59 Å². The SMILES string of the molecule is CC(=O)NC(C(=O)O)c1cc(Br)cs1. The average Bonchev–Trinajstić information content (AvgIpc) is 2.46. The van der Waals surface area contributed by atoms with E-state index in [1.165, 1.54) is 18.3 Å². The van der Waals surface area contributed by atoms with Crippen LogP contribution in [0.2, 0.25) is 0 Å². The van der Waals surface area contributed by atoms with Crippen molar-refractivity contribution in [1.29, 1.82) is 0 Å². The van der Waals surface area contributed by atoms with Gasteiger partial charge in [-0.3, -0.25) is 4.79 Å². The molecule has 0 saturated heterocycles. The molecule has 0 aliphatic rings. The molecule has 1 rings (SSSR count). The highest BCUT2D eigenvalue weighted by Crippen LogP contribution is 2.25. The van der Waals surface area contributed by atoms with Gasteiger partial charge in [-0.1, -0.05) is 0 Å². The first-order chi connectivity index (χ1) is 6.50. The van der Waals surface area contributed by atoms with Gasteiger partial charge in [-0.05, 0) is 22.0 Å². The molecule has 1 heterocycles. The van der Waals surface area contributed by atoms with Gasteiger partial charge in [0, 0.05) is 21.7 Å². The van der Waals surface area contributed by atoms with E-state index in [0.29, 0.717) is 4.88 Å². The summed E-state index contributed by atoms with van der Waals surface area (Å²) in [6, 6.07) is 0.725. The molecule has 1 aromatic heterocycles. The van der Waals surface area contributed by atoms with Crippen LogP contribution in [0, 0.1) is 0 Å². The van der Waals surface area contributed by atoms with Crippen molar-refractivity contribution in [2.45, 2.75) is 13.0 Å². The first-order valence-corrected chi connectivity index (χ1v) is 5.42. The standard InChI is InChI=1S/C8H8BrNO3S/c1-4(11)10-7(8(12)13)6-2-5(9)3-14-6/h2-3,7H,1H3,(H,10,11)(H,12,13). The van der Waals surface area contributed by atoms with Gasteiger partial charge in [0.15, 0.2) is 6.04 Å². The third-order valence-electron chi connectivity index (χ3n) is 1.47. The number of amides is 1. The lowest BCUT2D eigenvalue weighted by molar-refractivity contribution is -0.141. The largest absolute Gasteiger partial charge is 0.479 e. The van der Waals surface area contributed by atoms with E-state index in [0.717, 1.165) is 4.47 Å². The van der Waals surface area contributed by atoms with E-state index >= 15 is 0 Å². The van der Waals surface area contributed by atoms with Crippen LogP contribution in [0.3, 0.4) is 0 Å². The van der Waals surface area contributed by atoms with E-state index in [-0.39, 0.29) is 5.91 Å². The van der Waals surface area contributed by atoms with Crippen LogP contribution in [-0.2, 0) is 9.59 Å². The zero-order chi connectivity index (χ0) is 10.7. The summed E-state index contributed by atoms with van der Waals surface area (Å²) in [5, 5.41) is 13.0. The van der Waals surface area contributed by atoms with Crippen LogP contribution in [0.5, 0.6) is 0 Å². The molecular formula is C8H8BrNO3S. The number of carboxylic acids is 1. The van der Waals surface area contributed by atoms with Crippen LogP contribution in [0.4, 0.5) is 0 Å². The Morgan fingerprint density at radius 2 is 2.29 bits per heavy atom. The van der Waals surface area contributed by atoms with Crippen molar-refractivity contribution in [3.05, 3.63) is 20.8 Å². The lowest BCUT2D eigenvalue weighted by atomic mass is 10.2. The quantitative estimate of drug-likeness (QED) is 0.885. The normalized spacial score (nSPS) is 12.1. The number of carboxylic acid groups (broad SMARTS) is 1. The van der Waals surface area contributed by atoms with Crippen LogP contribution < -0.4 is 5.32 Å². The summed E-state index contributed by atoms with van der Waals surface area (Å²) in [6.07, 6.45) is 0. The first kappa shape index (κ1) is 11.2. The molecule has 4 nitrogen and oxygen atoms in total. The molecule has 0 aliphatic heterocycles. The maximum absolute atomic E-state index is 10.8. The molecule has 14 heavy (non-hydrogen) atoms. The summed E-state index contributed by atoms with van der Waals surface area (Å²) < 4.78 is 0.814. The van der Waals surface area contributed by atoms with E-state index in [2.05, 4.69) is 21.2 Å². The number of halogens is 1. The molecule has 6 heteroatoms. The Bertz CT molecular complexity index is 363. The Morgan fingerprint density at radius 3 is 2.64 bits per heavy atom. The fourth-order valence-corrected chi connectivity index (χ4v) is 2.42. The zero-order valence-electron chi connectivity index (χ0n) is 7.28. The van der Waals surface area contributed by atoms with Gasteiger partial charge in [-0.25, -0.2) is 4.79 Å². The minimum Gasteiger partial charge on any atom is -0.479 e. The summed E-state index contributed by atoms with van der Waals surface area (Å²) in [7, 11) is 0. The number of nitrogens with one attached hydrogen (secondary N) is 1. The second kappa shape index (κ2) is 4.56. The van der Waals surface area contributed by atoms with Crippen LogP contribution in [0.25, 0.3) is 0 Å². The van der Waals surface area contributed by atoms with E-state index in [1.807, 2.05) is 0 Å². The number of carbonyl (C=O) groups is 2. The van der Waals surface area contributed by atoms with Crippen molar-refractivity contribution in [3.8, 4) is 0 Å². The second-order valence-corrected chi connectivity index (χ2v) is 4.50. The summed E-state index contributed by atoms with van der Waals surface area (Å²) >= 11 is 4.51. The van der Waals surface area contributed by atoms with Gasteiger partial charge in [-0.2, -0.15) is 0 Å². The van der Waals surface area contributed by atoms with Gasteiger partial charge in [0.25, 0.3) is 0 Å². The molecule has 0 radical (unpaired) electrons. The first-order valence-electron chi connectivity index (χ1n) is 3.74. The molecule has 0 spiro atoms. The molecule has 1 unspecified atom stereocenters. The smallest absolute Gasteiger partial charge is 0.331 e. The Morgan fingerprint density at radius 1 is 1.64 bits per heavy atom. The minimum absolute atomic E-state index is 0.359. The van der Waals surface area contributed by atoms with Gasteiger partial charge in [0.05, 0.1) is 0 Å². The molecule has 1 atom stereocenters. The molecule has 2 N–H and O–H groups in total. The van der Waals surface area contributed by atoms with Crippen LogP contribution in [-0.4, -0.2) is 17.0 Å². The Labute approximate surface area is 93.1 Å². The number of hydrogen-bond acceptors (Lipinski definition) is 3. The van der Waals surface area contributed by atoms with Gasteiger partial charge in [-0.15, -0.1) is 11.3 Å². The zero-order valence-corrected chi connectivity index (χ0v) is 9.68. The lowest BCUT2D eigenvalue weighted by Gasteiger charge is -2.10. The van der Waals surface area contributed by atoms with Crippen molar-refractivity contribution in [2.75, 3.05) is 0 Å². The highest BCUT2D eigenvalue weighted by Gasteiger charge is 2.21. The number of aliphatic carboxylic acids is 1. The Kier molecular flexibility index (Phi) is 3.65. The summed E-state index contributed by atoms with van der Waals surface area (Å²) in [5.41, 5.74) is 0. The van der Waals surface area contributed by atoms with E-state index in [1.54, 1.807) is 11.4 Å². The van der Waals surface area contributed by atoms with Crippen molar-refractivity contribution >= 4 is 39.1 Å². The summed E-state index contributed by atoms with van der Waals surface area (Å²) in [4.78, 5) is 22.2. The molecule has 1 amide bonds. The minimum atomic E-state index is -1.06. The van der Waals surface area contributed by atoms with Gasteiger partial charge >= 0.3 is 5.97 Å². The van der Waals surface area contributed by atoms with E-state index in [4.69, 9.17) is 5.11 Å². The molecule has 0 bridgehead atoms. The fourth-order valence-electron chi connectivity index (χ4n) is 0.937. The molecule has 76 valence electrons. The summed E-state index contributed by atoms with van der Waals surface area (Å²) in [6.45, 7) is 1.29. The predicted octanol–water partition coefficient (Wildman–Crippen LogP) is 1.77. The Hall–Kier alpha value is -0.880. The van der Waals surface area contributed by atoms with Gasteiger partial charge < -0.3 is 10.4 Å². The van der Waals surface area contributed by atoms with Crippen LogP contribution in [0.1, 0.15) is 17.8 Å². The second-order valence-electron chi connectivity index (χ2n) is 2.64. The van der Waals surface area contributed by atoms with Crippen LogP contribution in [0.15, 0.2) is 15.9 Å². The van der Waals surface area contributed by atoms with Crippen molar-refractivity contribution < 1.29 is 14.7 Å². The molecule has 0 saturated carbocycles. The van der Waals surface area contributed by atoms with E-state index < -0.39 is 12.0 Å². The maximum Gasteiger partial charge on any atom is 0.331 e. The highest BCUT2D eigenvalue weighted by molar-refractivity contribution is 9.10. The van der Waals surface area contributed by atoms with Gasteiger partial charge in [0.1, 0.15) is 0 Å². The van der Waals surface area contributed by atoms with Crippen molar-refractivity contribution in [1.82, 2.24) is 5.32 Å². The third kappa shape index (κ3) is 2.81. The number of rotatable bonds is 3. The van der Waals surface area contributed by atoms with Crippen molar-refractivity contribution in [3.63, 3.8) is 0 Å². The average molecular weight is 278 g/mol. The van der Waals surface area contributed by atoms with Crippen molar-refractivity contribution in [2.24, 2.45) is 0 Å². The maximum atomic E-state index is 10.8.